The minimum absolute atomic E-state index is 0.0638. The van der Waals surface area contributed by atoms with Crippen LogP contribution in [0.25, 0.3) is 0 Å². The molecule has 9 heteroatoms. The maximum Gasteiger partial charge on any atom is 0.240 e. The van der Waals surface area contributed by atoms with Crippen LogP contribution < -0.4 is 19.7 Å². The lowest BCUT2D eigenvalue weighted by molar-refractivity contribution is -0.117. The van der Waals surface area contributed by atoms with E-state index in [1.165, 1.54) is 36.1 Å². The van der Waals surface area contributed by atoms with E-state index < -0.39 is 16.1 Å². The van der Waals surface area contributed by atoms with E-state index in [-0.39, 0.29) is 29.7 Å². The molecule has 8 nitrogen and oxygen atoms in total. The van der Waals surface area contributed by atoms with Crippen LogP contribution in [0.4, 0.5) is 11.4 Å². The zero-order chi connectivity index (χ0) is 20.3. The highest BCUT2D eigenvalue weighted by molar-refractivity contribution is 7.89. The average molecular weight is 403 g/mol. The Morgan fingerprint density at radius 1 is 1.18 bits per heavy atom. The maximum atomic E-state index is 12.6. The van der Waals surface area contributed by atoms with Crippen molar-refractivity contribution in [2.45, 2.75) is 24.3 Å². The Bertz CT molecular complexity index is 989. The summed E-state index contributed by atoms with van der Waals surface area (Å²) in [6.07, 6.45) is 0.0699. The van der Waals surface area contributed by atoms with Crippen LogP contribution in [0.2, 0.25) is 0 Å². The second-order valence-corrected chi connectivity index (χ2v) is 8.15. The highest BCUT2D eigenvalue weighted by Gasteiger charge is 2.33. The summed E-state index contributed by atoms with van der Waals surface area (Å²) in [7, 11) is -2.26. The summed E-state index contributed by atoms with van der Waals surface area (Å²) in [5.74, 6) is 0.214. The van der Waals surface area contributed by atoms with Crippen LogP contribution in [0.5, 0.6) is 5.75 Å². The van der Waals surface area contributed by atoms with Crippen LogP contribution >= 0.6 is 0 Å². The van der Waals surface area contributed by atoms with Gasteiger partial charge in [0.2, 0.25) is 21.8 Å². The van der Waals surface area contributed by atoms with Crippen molar-refractivity contribution in [1.29, 1.82) is 0 Å². The number of methoxy groups -OCH3 is 1. The Hall–Kier alpha value is -2.91. The molecule has 1 atom stereocenters. The van der Waals surface area contributed by atoms with Gasteiger partial charge in [-0.25, -0.2) is 13.1 Å². The van der Waals surface area contributed by atoms with Crippen LogP contribution in [-0.4, -0.2) is 39.9 Å². The number of nitrogens with zero attached hydrogens (tertiary/aromatic N) is 1. The molecule has 1 saturated heterocycles. The zero-order valence-corrected chi connectivity index (χ0v) is 16.3. The van der Waals surface area contributed by atoms with Crippen LogP contribution in [0, 0.1) is 0 Å². The summed E-state index contributed by atoms with van der Waals surface area (Å²) in [5, 5.41) is 2.58. The van der Waals surface area contributed by atoms with Gasteiger partial charge < -0.3 is 15.0 Å². The number of ether oxygens (including phenoxy) is 1. The molecule has 2 aromatic carbocycles. The second kappa shape index (κ2) is 7.99. The van der Waals surface area contributed by atoms with Gasteiger partial charge in [-0.3, -0.25) is 9.59 Å². The van der Waals surface area contributed by atoms with E-state index in [4.69, 9.17) is 4.74 Å². The van der Waals surface area contributed by atoms with Crippen molar-refractivity contribution in [3.63, 3.8) is 0 Å². The first-order valence-corrected chi connectivity index (χ1v) is 10.1. The topological polar surface area (TPSA) is 105 Å². The summed E-state index contributed by atoms with van der Waals surface area (Å²) in [4.78, 5) is 25.0. The molecule has 0 radical (unpaired) electrons. The summed E-state index contributed by atoms with van der Waals surface area (Å²) in [5.41, 5.74) is 1.16. The lowest BCUT2D eigenvalue weighted by Crippen LogP contribution is -2.37. The Kier molecular flexibility index (Phi) is 5.66. The first-order valence-electron chi connectivity index (χ1n) is 8.63. The predicted molar refractivity (Wildman–Crippen MR) is 105 cm³/mol. The molecule has 3 rings (SSSR count). The van der Waals surface area contributed by atoms with Crippen molar-refractivity contribution in [3.8, 4) is 5.75 Å². The SMILES string of the molecule is COc1cccc(N2C[C@H](NS(=O)(=O)c3ccc(NC(C)=O)cc3)CC2=O)c1. The van der Waals surface area contributed by atoms with E-state index in [1.54, 1.807) is 31.4 Å². The van der Waals surface area contributed by atoms with Crippen molar-refractivity contribution in [1.82, 2.24) is 4.72 Å². The number of amides is 2. The monoisotopic (exact) mass is 403 g/mol. The fraction of sp³-hybridized carbons (Fsp3) is 0.263. The van der Waals surface area contributed by atoms with E-state index >= 15 is 0 Å². The molecule has 1 aliphatic heterocycles. The first-order chi connectivity index (χ1) is 13.3. The fourth-order valence-corrected chi connectivity index (χ4v) is 4.25. The van der Waals surface area contributed by atoms with Crippen molar-refractivity contribution in [3.05, 3.63) is 48.5 Å². The number of anilines is 2. The molecule has 1 aliphatic rings. The van der Waals surface area contributed by atoms with Gasteiger partial charge in [0.15, 0.2) is 0 Å². The maximum absolute atomic E-state index is 12.6. The molecule has 0 saturated carbocycles. The highest BCUT2D eigenvalue weighted by atomic mass is 32.2. The van der Waals surface area contributed by atoms with Gasteiger partial charge in [0.05, 0.1) is 12.0 Å². The molecule has 2 aromatic rings. The number of carbonyl (C=O) groups excluding carboxylic acids is 2. The third kappa shape index (κ3) is 4.49. The fourth-order valence-electron chi connectivity index (χ4n) is 3.02. The van der Waals surface area contributed by atoms with E-state index in [9.17, 15) is 18.0 Å². The minimum atomic E-state index is -3.80. The summed E-state index contributed by atoms with van der Waals surface area (Å²) in [6.45, 7) is 1.60. The standard InChI is InChI=1S/C19H21N3O5S/c1-13(23)20-14-6-8-18(9-7-14)28(25,26)21-15-10-19(24)22(12-15)16-4-3-5-17(11-16)27-2/h3-9,11,15,21H,10,12H2,1-2H3,(H,20,23)/t15-/m1/s1. The molecule has 0 aliphatic carbocycles. The third-order valence-electron chi connectivity index (χ3n) is 4.30. The number of hydrogen-bond acceptors (Lipinski definition) is 5. The van der Waals surface area contributed by atoms with Gasteiger partial charge in [-0.15, -0.1) is 0 Å². The molecule has 0 aromatic heterocycles. The van der Waals surface area contributed by atoms with E-state index in [0.29, 0.717) is 17.1 Å². The van der Waals surface area contributed by atoms with Gasteiger partial charge in [-0.05, 0) is 36.4 Å². The van der Waals surface area contributed by atoms with E-state index in [0.717, 1.165) is 0 Å². The molecule has 1 fully saturated rings. The third-order valence-corrected chi connectivity index (χ3v) is 5.83. The second-order valence-electron chi connectivity index (χ2n) is 6.43. The summed E-state index contributed by atoms with van der Waals surface area (Å²) in [6, 6.07) is 12.3. The molecule has 0 unspecified atom stereocenters. The Balaban J connectivity index is 1.71. The molecule has 28 heavy (non-hydrogen) atoms. The normalized spacial score (nSPS) is 16.9. The molecule has 2 amide bonds. The van der Waals surface area contributed by atoms with Crippen LogP contribution in [0.15, 0.2) is 53.4 Å². The molecule has 1 heterocycles. The van der Waals surface area contributed by atoms with Crippen LogP contribution in [-0.2, 0) is 19.6 Å². The first kappa shape index (κ1) is 19.8. The van der Waals surface area contributed by atoms with Crippen molar-refractivity contribution >= 4 is 33.2 Å². The molecule has 0 bridgehead atoms. The van der Waals surface area contributed by atoms with E-state index in [2.05, 4.69) is 10.0 Å². The van der Waals surface area contributed by atoms with Gasteiger partial charge in [0.25, 0.3) is 0 Å². The summed E-state index contributed by atoms with van der Waals surface area (Å²) >= 11 is 0. The Morgan fingerprint density at radius 2 is 1.89 bits per heavy atom. The lowest BCUT2D eigenvalue weighted by atomic mass is 10.3. The number of carbonyl (C=O) groups is 2. The molecule has 2 N–H and O–H groups in total. The van der Waals surface area contributed by atoms with E-state index in [1.807, 2.05) is 0 Å². The number of nitrogens with one attached hydrogen (secondary N) is 2. The number of rotatable bonds is 6. The highest BCUT2D eigenvalue weighted by Crippen LogP contribution is 2.26. The van der Waals surface area contributed by atoms with Gasteiger partial charge in [0.1, 0.15) is 5.75 Å². The zero-order valence-electron chi connectivity index (χ0n) is 15.5. The van der Waals surface area contributed by atoms with Crippen molar-refractivity contribution in [2.24, 2.45) is 0 Å². The Morgan fingerprint density at radius 3 is 2.54 bits per heavy atom. The molecular formula is C19H21N3O5S. The number of benzene rings is 2. The molecular weight excluding hydrogens is 382 g/mol. The minimum Gasteiger partial charge on any atom is -0.497 e. The van der Waals surface area contributed by atoms with Crippen LogP contribution in [0.3, 0.4) is 0 Å². The predicted octanol–water partition coefficient (Wildman–Crippen LogP) is 1.74. The van der Waals surface area contributed by atoms with Gasteiger partial charge >= 0.3 is 0 Å². The van der Waals surface area contributed by atoms with Crippen molar-refractivity contribution < 1.29 is 22.7 Å². The van der Waals surface area contributed by atoms with Crippen molar-refractivity contribution in [2.75, 3.05) is 23.9 Å². The van der Waals surface area contributed by atoms with Gasteiger partial charge in [0, 0.05) is 43.4 Å². The quantitative estimate of drug-likeness (QED) is 0.764. The Labute approximate surface area is 163 Å². The lowest BCUT2D eigenvalue weighted by Gasteiger charge is -2.18. The number of sulfonamides is 1. The average Bonchev–Trinajstić information content (AvgIpc) is 3.01. The molecule has 0 spiro atoms. The van der Waals surface area contributed by atoms with Gasteiger partial charge in [-0.2, -0.15) is 0 Å². The smallest absolute Gasteiger partial charge is 0.240 e. The van der Waals surface area contributed by atoms with Crippen LogP contribution in [0.1, 0.15) is 13.3 Å². The summed E-state index contributed by atoms with van der Waals surface area (Å²) < 4.78 is 33.0. The number of hydrogen-bond donors (Lipinski definition) is 2. The molecule has 148 valence electrons. The van der Waals surface area contributed by atoms with Gasteiger partial charge in [-0.1, -0.05) is 6.07 Å². The largest absolute Gasteiger partial charge is 0.497 e.